The smallest absolute Gasteiger partial charge is 0.241 e. The lowest BCUT2D eigenvalue weighted by Gasteiger charge is -2.30. The molecule has 2 aromatic heterocycles. The molecule has 5 nitrogen and oxygen atoms in total. The predicted molar refractivity (Wildman–Crippen MR) is 107 cm³/mol. The quantitative estimate of drug-likeness (QED) is 0.494. The van der Waals surface area contributed by atoms with Crippen LogP contribution in [0.4, 0.5) is 4.39 Å². The molecular weight excluding hydrogens is 375 g/mol. The average Bonchev–Trinajstić information content (AvgIpc) is 3.36. The van der Waals surface area contributed by atoms with Crippen molar-refractivity contribution in [1.29, 1.82) is 0 Å². The molecule has 1 atom stereocenters. The monoisotopic (exact) mass is 394 g/mol. The Morgan fingerprint density at radius 3 is 2.82 bits per heavy atom. The molecule has 3 heterocycles. The van der Waals surface area contributed by atoms with Gasteiger partial charge in [0.2, 0.25) is 11.7 Å². The second-order valence-electron chi connectivity index (χ2n) is 7.11. The van der Waals surface area contributed by atoms with E-state index in [1.54, 1.807) is 23.5 Å². The summed E-state index contributed by atoms with van der Waals surface area (Å²) in [6.07, 6.45) is 2.28. The third kappa shape index (κ3) is 3.55. The number of halogens is 1. The third-order valence-electron chi connectivity index (χ3n) is 5.09. The lowest BCUT2D eigenvalue weighted by atomic mass is 9.99. The van der Waals surface area contributed by atoms with Gasteiger partial charge in [0.1, 0.15) is 5.82 Å². The highest BCUT2D eigenvalue weighted by atomic mass is 32.1. The van der Waals surface area contributed by atoms with Gasteiger partial charge in [0.15, 0.2) is 0 Å². The van der Waals surface area contributed by atoms with Gasteiger partial charge < -0.3 is 4.52 Å². The van der Waals surface area contributed by atoms with Crippen LogP contribution in [-0.2, 0) is 6.54 Å². The number of fused-ring (bicyclic) bond motifs is 1. The van der Waals surface area contributed by atoms with Crippen molar-refractivity contribution in [2.24, 2.45) is 0 Å². The first-order chi connectivity index (χ1) is 13.7. The Balaban J connectivity index is 1.28. The molecule has 0 spiro atoms. The lowest BCUT2D eigenvalue weighted by molar-refractivity contribution is 0.177. The summed E-state index contributed by atoms with van der Waals surface area (Å²) in [4.78, 5) is 11.7. The van der Waals surface area contributed by atoms with Gasteiger partial charge in [-0.05, 0) is 55.8 Å². The standard InChI is InChI=1S/C21H19FN4OS/c22-16-9-7-14(8-10-16)20-24-19(27-25-20)13-26-11-3-4-15(12-26)21-23-17-5-1-2-6-18(17)28-21/h1-2,5-10,15H,3-4,11-13H2/t15-/m1/s1. The van der Waals surface area contributed by atoms with Gasteiger partial charge in [-0.2, -0.15) is 4.98 Å². The predicted octanol–water partition coefficient (Wildman–Crippen LogP) is 4.87. The first kappa shape index (κ1) is 17.5. The topological polar surface area (TPSA) is 55.1 Å². The number of hydrogen-bond acceptors (Lipinski definition) is 6. The molecule has 0 aliphatic carbocycles. The van der Waals surface area contributed by atoms with E-state index < -0.39 is 0 Å². The van der Waals surface area contributed by atoms with Crippen molar-refractivity contribution in [2.75, 3.05) is 13.1 Å². The summed E-state index contributed by atoms with van der Waals surface area (Å²) < 4.78 is 19.8. The van der Waals surface area contributed by atoms with E-state index in [0.717, 1.165) is 37.0 Å². The van der Waals surface area contributed by atoms with Crippen LogP contribution in [0.2, 0.25) is 0 Å². The van der Waals surface area contributed by atoms with Crippen LogP contribution in [0.5, 0.6) is 0 Å². The molecule has 0 amide bonds. The van der Waals surface area contributed by atoms with Crippen LogP contribution in [0.1, 0.15) is 29.7 Å². The van der Waals surface area contributed by atoms with Crippen LogP contribution in [-0.4, -0.2) is 33.1 Å². The van der Waals surface area contributed by atoms with Gasteiger partial charge in [0, 0.05) is 18.0 Å². The molecule has 28 heavy (non-hydrogen) atoms. The molecule has 1 saturated heterocycles. The minimum atomic E-state index is -0.276. The fraction of sp³-hybridized carbons (Fsp3) is 0.286. The maximum Gasteiger partial charge on any atom is 0.241 e. The molecule has 2 aromatic carbocycles. The maximum absolute atomic E-state index is 13.1. The van der Waals surface area contributed by atoms with Crippen molar-refractivity contribution in [1.82, 2.24) is 20.0 Å². The van der Waals surface area contributed by atoms with Crippen LogP contribution in [0.25, 0.3) is 21.6 Å². The van der Waals surface area contributed by atoms with Crippen LogP contribution in [0, 0.1) is 5.82 Å². The first-order valence-corrected chi connectivity index (χ1v) is 10.2. The van der Waals surface area contributed by atoms with Gasteiger partial charge in [0.05, 0.1) is 21.8 Å². The molecule has 0 saturated carbocycles. The van der Waals surface area contributed by atoms with E-state index in [0.29, 0.717) is 24.2 Å². The third-order valence-corrected chi connectivity index (χ3v) is 6.29. The molecule has 1 fully saturated rings. The van der Waals surface area contributed by atoms with E-state index in [1.807, 2.05) is 6.07 Å². The maximum atomic E-state index is 13.1. The number of hydrogen-bond donors (Lipinski definition) is 0. The molecule has 0 bridgehead atoms. The molecule has 1 aliphatic rings. The van der Waals surface area contributed by atoms with Crippen molar-refractivity contribution in [3.63, 3.8) is 0 Å². The fourth-order valence-electron chi connectivity index (χ4n) is 3.69. The van der Waals surface area contributed by atoms with Crippen molar-refractivity contribution >= 4 is 21.6 Å². The Labute approximate surface area is 165 Å². The van der Waals surface area contributed by atoms with Gasteiger partial charge in [-0.3, -0.25) is 4.90 Å². The van der Waals surface area contributed by atoms with E-state index in [4.69, 9.17) is 9.51 Å². The Morgan fingerprint density at radius 1 is 1.11 bits per heavy atom. The van der Waals surface area contributed by atoms with Gasteiger partial charge in [-0.25, -0.2) is 9.37 Å². The van der Waals surface area contributed by atoms with Crippen LogP contribution < -0.4 is 0 Å². The number of benzene rings is 2. The molecule has 7 heteroatoms. The molecule has 142 valence electrons. The van der Waals surface area contributed by atoms with Crippen molar-refractivity contribution in [2.45, 2.75) is 25.3 Å². The van der Waals surface area contributed by atoms with Crippen LogP contribution in [0.15, 0.2) is 53.1 Å². The van der Waals surface area contributed by atoms with E-state index >= 15 is 0 Å². The molecule has 1 aliphatic heterocycles. The summed E-state index contributed by atoms with van der Waals surface area (Å²) in [5.74, 6) is 1.24. The van der Waals surface area contributed by atoms with Crippen LogP contribution in [0.3, 0.4) is 0 Å². The van der Waals surface area contributed by atoms with Crippen molar-refractivity contribution < 1.29 is 8.91 Å². The van der Waals surface area contributed by atoms with E-state index in [9.17, 15) is 4.39 Å². The largest absolute Gasteiger partial charge is 0.338 e. The number of para-hydroxylation sites is 1. The average molecular weight is 394 g/mol. The lowest BCUT2D eigenvalue weighted by Crippen LogP contribution is -2.33. The Morgan fingerprint density at radius 2 is 1.96 bits per heavy atom. The van der Waals surface area contributed by atoms with Crippen LogP contribution >= 0.6 is 11.3 Å². The molecule has 0 unspecified atom stereocenters. The first-order valence-electron chi connectivity index (χ1n) is 9.41. The zero-order chi connectivity index (χ0) is 18.9. The summed E-state index contributed by atoms with van der Waals surface area (Å²) in [5, 5.41) is 5.25. The van der Waals surface area contributed by atoms with Gasteiger partial charge >= 0.3 is 0 Å². The van der Waals surface area contributed by atoms with E-state index in [-0.39, 0.29) is 5.82 Å². The van der Waals surface area contributed by atoms with Gasteiger partial charge in [-0.15, -0.1) is 11.3 Å². The summed E-state index contributed by atoms with van der Waals surface area (Å²) in [6, 6.07) is 14.4. The number of piperidine rings is 1. The van der Waals surface area contributed by atoms with Gasteiger partial charge in [0.25, 0.3) is 0 Å². The molecular formula is C21H19FN4OS. The molecule has 5 rings (SSSR count). The summed E-state index contributed by atoms with van der Waals surface area (Å²) >= 11 is 1.79. The second kappa shape index (κ2) is 7.41. The normalized spacial score (nSPS) is 18.0. The van der Waals surface area contributed by atoms with Gasteiger partial charge in [-0.1, -0.05) is 17.3 Å². The number of aromatic nitrogens is 3. The zero-order valence-corrected chi connectivity index (χ0v) is 16.0. The number of nitrogens with zero attached hydrogens (tertiary/aromatic N) is 4. The minimum Gasteiger partial charge on any atom is -0.338 e. The Kier molecular flexibility index (Phi) is 4.62. The number of likely N-dealkylation sites (tertiary alicyclic amines) is 1. The zero-order valence-electron chi connectivity index (χ0n) is 15.2. The Bertz CT molecular complexity index is 1060. The number of thiazole rings is 1. The minimum absolute atomic E-state index is 0.276. The summed E-state index contributed by atoms with van der Waals surface area (Å²) in [7, 11) is 0. The second-order valence-corrected chi connectivity index (χ2v) is 8.17. The summed E-state index contributed by atoms with van der Waals surface area (Å²) in [5.41, 5.74) is 1.84. The fourth-order valence-corrected chi connectivity index (χ4v) is 4.79. The van der Waals surface area contributed by atoms with Crippen molar-refractivity contribution in [3.05, 3.63) is 65.2 Å². The Hall–Kier alpha value is -2.64. The molecule has 0 radical (unpaired) electrons. The molecule has 0 N–H and O–H groups in total. The van der Waals surface area contributed by atoms with E-state index in [2.05, 4.69) is 33.2 Å². The number of rotatable bonds is 4. The van der Waals surface area contributed by atoms with E-state index in [1.165, 1.54) is 21.8 Å². The highest BCUT2D eigenvalue weighted by Gasteiger charge is 2.25. The van der Waals surface area contributed by atoms with Crippen molar-refractivity contribution in [3.8, 4) is 11.4 Å². The SMILES string of the molecule is Fc1ccc(-c2noc(CN3CCC[C@@H](c4nc5ccccc5s4)C3)n2)cc1. The summed E-state index contributed by atoms with van der Waals surface area (Å²) in [6.45, 7) is 2.57. The highest BCUT2D eigenvalue weighted by Crippen LogP contribution is 2.33. The molecule has 4 aromatic rings. The highest BCUT2D eigenvalue weighted by molar-refractivity contribution is 7.18.